The van der Waals surface area contributed by atoms with Gasteiger partial charge in [-0.15, -0.1) is 0 Å². The van der Waals surface area contributed by atoms with Crippen molar-refractivity contribution >= 4 is 10.8 Å². The van der Waals surface area contributed by atoms with Crippen molar-refractivity contribution in [2.24, 2.45) is 0 Å². The van der Waals surface area contributed by atoms with Gasteiger partial charge >= 0.3 is 0 Å². The van der Waals surface area contributed by atoms with Gasteiger partial charge in [0.25, 0.3) is 0 Å². The zero-order valence-electron chi connectivity index (χ0n) is 12.9. The van der Waals surface area contributed by atoms with Gasteiger partial charge in [0.05, 0.1) is 5.25 Å². The molecule has 0 spiro atoms. The molecule has 2 atom stereocenters. The Kier molecular flexibility index (Phi) is 4.94. The van der Waals surface area contributed by atoms with E-state index in [-0.39, 0.29) is 11.1 Å². The molecule has 2 rings (SSSR count). The fourth-order valence-electron chi connectivity index (χ4n) is 2.65. The minimum absolute atomic E-state index is 0.282. The number of hydrogen-bond acceptors (Lipinski definition) is 1. The second-order valence-electron chi connectivity index (χ2n) is 5.57. The van der Waals surface area contributed by atoms with Gasteiger partial charge in [-0.2, -0.15) is 0 Å². The summed E-state index contributed by atoms with van der Waals surface area (Å²) < 4.78 is 26.4. The van der Waals surface area contributed by atoms with Crippen molar-refractivity contribution in [1.82, 2.24) is 0 Å². The van der Waals surface area contributed by atoms with Crippen molar-refractivity contribution in [3.63, 3.8) is 0 Å². The lowest BCUT2D eigenvalue weighted by molar-refractivity contribution is 0.606. The van der Waals surface area contributed by atoms with Gasteiger partial charge in [-0.05, 0) is 50.5 Å². The maximum Gasteiger partial charge on any atom is 0.127 e. The molecule has 0 N–H and O–H groups in total. The van der Waals surface area contributed by atoms with E-state index in [0.29, 0.717) is 11.3 Å². The largest absolute Gasteiger partial charge is 0.259 e. The van der Waals surface area contributed by atoms with E-state index in [1.165, 1.54) is 11.6 Å². The first-order valence-electron chi connectivity index (χ1n) is 7.08. The van der Waals surface area contributed by atoms with E-state index >= 15 is 0 Å². The van der Waals surface area contributed by atoms with Crippen LogP contribution in [0.15, 0.2) is 36.4 Å². The van der Waals surface area contributed by atoms with E-state index in [4.69, 9.17) is 0 Å². The van der Waals surface area contributed by atoms with E-state index in [9.17, 15) is 8.60 Å². The second-order valence-corrected chi connectivity index (χ2v) is 7.32. The molecule has 0 saturated carbocycles. The summed E-state index contributed by atoms with van der Waals surface area (Å²) in [6.45, 7) is 7.97. The number of aryl methyl sites for hydroxylation is 3. The topological polar surface area (TPSA) is 17.1 Å². The molecule has 0 aliphatic carbocycles. The molecule has 0 unspecified atom stereocenters. The average Bonchev–Trinajstić information content (AvgIpc) is 2.42. The number of halogens is 1. The van der Waals surface area contributed by atoms with E-state index in [0.717, 1.165) is 16.7 Å². The molecule has 1 nitrogen and oxygen atoms in total. The molecule has 0 heterocycles. The Hall–Kier alpha value is -1.48. The Morgan fingerprint density at radius 3 is 2.24 bits per heavy atom. The van der Waals surface area contributed by atoms with Crippen LogP contribution < -0.4 is 0 Å². The van der Waals surface area contributed by atoms with Crippen molar-refractivity contribution in [3.05, 3.63) is 70.0 Å². The highest BCUT2D eigenvalue weighted by molar-refractivity contribution is 7.84. The van der Waals surface area contributed by atoms with Crippen LogP contribution in [0.25, 0.3) is 0 Å². The third kappa shape index (κ3) is 3.59. The maximum absolute atomic E-state index is 13.8. The lowest BCUT2D eigenvalue weighted by atomic mass is 10.0. The third-order valence-electron chi connectivity index (χ3n) is 3.86. The highest BCUT2D eigenvalue weighted by atomic mass is 32.2. The SMILES string of the molecule is Cc1cc(C)c(C[S@](=O)[C@@H](C)c2ccccc2F)c(C)c1. The molecule has 2 aromatic carbocycles. The normalized spacial score (nSPS) is 14.0. The molecule has 0 radical (unpaired) electrons. The summed E-state index contributed by atoms with van der Waals surface area (Å²) >= 11 is 0. The molecule has 3 heteroatoms. The van der Waals surface area contributed by atoms with E-state index in [1.54, 1.807) is 18.2 Å². The third-order valence-corrected chi connectivity index (χ3v) is 5.48. The van der Waals surface area contributed by atoms with Gasteiger partial charge in [-0.3, -0.25) is 4.21 Å². The first kappa shape index (κ1) is 15.9. The minimum Gasteiger partial charge on any atom is -0.259 e. The summed E-state index contributed by atoms with van der Waals surface area (Å²) in [6.07, 6.45) is 0. The number of rotatable bonds is 4. The zero-order chi connectivity index (χ0) is 15.6. The first-order valence-corrected chi connectivity index (χ1v) is 8.46. The van der Waals surface area contributed by atoms with Crippen molar-refractivity contribution in [2.45, 2.75) is 38.7 Å². The molecule has 0 amide bonds. The van der Waals surface area contributed by atoms with Crippen LogP contribution in [0, 0.1) is 26.6 Å². The highest BCUT2D eigenvalue weighted by Gasteiger charge is 2.18. The van der Waals surface area contributed by atoms with Crippen LogP contribution in [0.2, 0.25) is 0 Å². The molecule has 0 aliphatic rings. The van der Waals surface area contributed by atoms with Gasteiger partial charge in [0, 0.05) is 22.1 Å². The van der Waals surface area contributed by atoms with Crippen molar-refractivity contribution in [1.29, 1.82) is 0 Å². The molecule has 0 aromatic heterocycles. The summed E-state index contributed by atoms with van der Waals surface area (Å²) in [5.41, 5.74) is 5.16. The Morgan fingerprint density at radius 2 is 1.67 bits per heavy atom. The van der Waals surface area contributed by atoms with Gasteiger partial charge in [0.1, 0.15) is 5.82 Å². The van der Waals surface area contributed by atoms with Gasteiger partial charge in [-0.1, -0.05) is 35.9 Å². The standard InChI is InChI=1S/C18H21FOS/c1-12-9-13(2)17(14(3)10-12)11-21(20)15(4)16-7-5-6-8-18(16)19/h5-10,15H,11H2,1-4H3/t15-,21-/m0/s1. The summed E-state index contributed by atoms with van der Waals surface area (Å²) in [5.74, 6) is 0.184. The Labute approximate surface area is 128 Å². The van der Waals surface area contributed by atoms with Crippen LogP contribution in [0.4, 0.5) is 4.39 Å². The quantitative estimate of drug-likeness (QED) is 0.796. The van der Waals surface area contributed by atoms with Crippen LogP contribution >= 0.6 is 0 Å². The van der Waals surface area contributed by atoms with Gasteiger partial charge in [0.2, 0.25) is 0 Å². The van der Waals surface area contributed by atoms with Crippen LogP contribution in [0.1, 0.15) is 40.0 Å². The lowest BCUT2D eigenvalue weighted by Gasteiger charge is -2.16. The summed E-state index contributed by atoms with van der Waals surface area (Å²) in [5, 5.41) is -0.314. The molecule has 0 saturated heterocycles. The van der Waals surface area contributed by atoms with Gasteiger partial charge in [0.15, 0.2) is 0 Å². The monoisotopic (exact) mass is 304 g/mol. The molecule has 0 bridgehead atoms. The van der Waals surface area contributed by atoms with Crippen LogP contribution in [-0.2, 0) is 16.6 Å². The molecule has 2 aromatic rings. The van der Waals surface area contributed by atoms with Crippen molar-refractivity contribution < 1.29 is 8.60 Å². The van der Waals surface area contributed by atoms with Gasteiger partial charge < -0.3 is 0 Å². The molecule has 0 fully saturated rings. The predicted molar refractivity (Wildman–Crippen MR) is 87.3 cm³/mol. The Bertz CT molecular complexity index is 656. The molecule has 112 valence electrons. The second kappa shape index (κ2) is 6.52. The number of benzene rings is 2. The number of hydrogen-bond donors (Lipinski definition) is 0. The summed E-state index contributed by atoms with van der Waals surface area (Å²) in [6, 6.07) is 10.8. The molecular weight excluding hydrogens is 283 g/mol. The first-order chi connectivity index (χ1) is 9.90. The highest BCUT2D eigenvalue weighted by Crippen LogP contribution is 2.26. The molecule has 0 aliphatic heterocycles. The predicted octanol–water partition coefficient (Wildman–Crippen LogP) is 4.76. The Morgan fingerprint density at radius 1 is 1.10 bits per heavy atom. The summed E-state index contributed by atoms with van der Waals surface area (Å²) in [7, 11) is -1.14. The molecular formula is C18H21FOS. The van der Waals surface area contributed by atoms with E-state index < -0.39 is 10.8 Å². The van der Waals surface area contributed by atoms with Crippen LogP contribution in [-0.4, -0.2) is 4.21 Å². The fourth-order valence-corrected chi connectivity index (χ4v) is 4.12. The molecule has 21 heavy (non-hydrogen) atoms. The lowest BCUT2D eigenvalue weighted by Crippen LogP contribution is -2.09. The fraction of sp³-hybridized carbons (Fsp3) is 0.333. The zero-order valence-corrected chi connectivity index (χ0v) is 13.8. The minimum atomic E-state index is -1.14. The Balaban J connectivity index is 2.25. The van der Waals surface area contributed by atoms with Crippen molar-refractivity contribution in [2.75, 3.05) is 0 Å². The van der Waals surface area contributed by atoms with Gasteiger partial charge in [-0.25, -0.2) is 4.39 Å². The average molecular weight is 304 g/mol. The van der Waals surface area contributed by atoms with E-state index in [2.05, 4.69) is 19.1 Å². The van der Waals surface area contributed by atoms with Crippen molar-refractivity contribution in [3.8, 4) is 0 Å². The van der Waals surface area contributed by atoms with Crippen LogP contribution in [0.5, 0.6) is 0 Å². The van der Waals surface area contributed by atoms with E-state index in [1.807, 2.05) is 20.8 Å². The smallest absolute Gasteiger partial charge is 0.127 e. The van der Waals surface area contributed by atoms with Crippen LogP contribution in [0.3, 0.4) is 0 Å². The summed E-state index contributed by atoms with van der Waals surface area (Å²) in [4.78, 5) is 0. The maximum atomic E-state index is 13.8.